The molecule has 8 heteroatoms. The van der Waals surface area contributed by atoms with Gasteiger partial charge in [0.05, 0.1) is 18.5 Å². The lowest BCUT2D eigenvalue weighted by molar-refractivity contribution is 0.0492. The molecular formula is C23H25N5O3. The molecule has 2 unspecified atom stereocenters. The molecule has 0 bridgehead atoms. The lowest BCUT2D eigenvalue weighted by atomic mass is 9.92. The van der Waals surface area contributed by atoms with Gasteiger partial charge in [-0.25, -0.2) is 14.3 Å². The maximum atomic E-state index is 12.0. The third-order valence-electron chi connectivity index (χ3n) is 5.72. The van der Waals surface area contributed by atoms with Crippen LogP contribution in [0.15, 0.2) is 47.0 Å². The fourth-order valence-electron chi connectivity index (χ4n) is 4.22. The number of imidazole rings is 1. The van der Waals surface area contributed by atoms with Crippen molar-refractivity contribution in [2.75, 3.05) is 11.9 Å². The molecule has 1 aromatic carbocycles. The van der Waals surface area contributed by atoms with Crippen LogP contribution in [0.25, 0.3) is 27.9 Å². The van der Waals surface area contributed by atoms with E-state index in [1.165, 1.54) is 0 Å². The number of hydrogen-bond acceptors (Lipinski definition) is 7. The molecule has 0 saturated heterocycles. The van der Waals surface area contributed by atoms with Crippen molar-refractivity contribution in [3.05, 3.63) is 48.4 Å². The Kier molecular flexibility index (Phi) is 5.07. The second kappa shape index (κ2) is 8.03. The number of hydrogen-bond donors (Lipinski definition) is 2. The normalized spacial score (nSPS) is 19.0. The predicted molar refractivity (Wildman–Crippen MR) is 118 cm³/mol. The summed E-state index contributed by atoms with van der Waals surface area (Å²) < 4.78 is 12.5. The Hall–Kier alpha value is -3.39. The van der Waals surface area contributed by atoms with Crippen LogP contribution in [0.1, 0.15) is 43.2 Å². The Morgan fingerprint density at radius 3 is 3.03 bits per heavy atom. The molecule has 0 spiro atoms. The highest BCUT2D eigenvalue weighted by molar-refractivity contribution is 5.93. The average molecular weight is 419 g/mol. The van der Waals surface area contributed by atoms with Crippen molar-refractivity contribution in [3.63, 3.8) is 0 Å². The van der Waals surface area contributed by atoms with E-state index in [1.807, 2.05) is 34.8 Å². The molecule has 1 fully saturated rings. The highest BCUT2D eigenvalue weighted by atomic mass is 16.5. The summed E-state index contributed by atoms with van der Waals surface area (Å²) in [4.78, 5) is 16.5. The molecule has 160 valence electrons. The number of carbonyl (C=O) groups excluding carboxylic acids is 1. The van der Waals surface area contributed by atoms with Crippen molar-refractivity contribution < 1.29 is 13.9 Å². The number of ether oxygens (including phenoxy) is 1. The monoisotopic (exact) mass is 419 g/mol. The number of nitrogens with zero attached hydrogens (tertiary/aromatic N) is 3. The summed E-state index contributed by atoms with van der Waals surface area (Å²) in [5.41, 5.74) is 9.31. The summed E-state index contributed by atoms with van der Waals surface area (Å²) in [7, 11) is 0. The molecule has 0 radical (unpaired) electrons. The molecule has 0 amide bonds. The van der Waals surface area contributed by atoms with Crippen LogP contribution in [0.5, 0.6) is 0 Å². The molecule has 3 heterocycles. The van der Waals surface area contributed by atoms with Gasteiger partial charge in [-0.1, -0.05) is 0 Å². The van der Waals surface area contributed by atoms with E-state index in [0.717, 1.165) is 53.8 Å². The molecule has 1 aliphatic carbocycles. The maximum absolute atomic E-state index is 12.0. The fourth-order valence-corrected chi connectivity index (χ4v) is 4.22. The second-order valence-corrected chi connectivity index (χ2v) is 7.98. The molecule has 2 atom stereocenters. The highest BCUT2D eigenvalue weighted by Crippen LogP contribution is 2.28. The number of fused-ring (bicyclic) bond motifs is 2. The van der Waals surface area contributed by atoms with Gasteiger partial charge in [-0.05, 0) is 69.0 Å². The zero-order chi connectivity index (χ0) is 21.4. The number of aromatic nitrogens is 3. The van der Waals surface area contributed by atoms with Gasteiger partial charge in [0, 0.05) is 23.0 Å². The first-order valence-corrected chi connectivity index (χ1v) is 10.7. The Morgan fingerprint density at radius 2 is 2.19 bits per heavy atom. The van der Waals surface area contributed by atoms with Crippen molar-refractivity contribution in [2.45, 2.75) is 44.7 Å². The van der Waals surface area contributed by atoms with Crippen molar-refractivity contribution in [3.8, 4) is 11.3 Å². The summed E-state index contributed by atoms with van der Waals surface area (Å²) in [6, 6.07) is 11.9. The van der Waals surface area contributed by atoms with Crippen LogP contribution in [0, 0.1) is 0 Å². The molecule has 5 rings (SSSR count). The number of carbonyl (C=O) groups is 1. The molecule has 31 heavy (non-hydrogen) atoms. The maximum Gasteiger partial charge on any atom is 0.374 e. The molecule has 0 aliphatic heterocycles. The van der Waals surface area contributed by atoms with Gasteiger partial charge in [-0.2, -0.15) is 0 Å². The highest BCUT2D eigenvalue weighted by Gasteiger charge is 2.20. The zero-order valence-corrected chi connectivity index (χ0v) is 17.4. The molecule has 3 aromatic heterocycles. The SMILES string of the molecule is CCOC(=O)c1cc2cc(-c3cnc4ccc(NC5CCCC(N)C5)nn34)ccc2o1. The summed E-state index contributed by atoms with van der Waals surface area (Å²) >= 11 is 0. The van der Waals surface area contributed by atoms with Crippen molar-refractivity contribution in [2.24, 2.45) is 5.73 Å². The van der Waals surface area contributed by atoms with Gasteiger partial charge in [0.1, 0.15) is 11.4 Å². The Bertz CT molecular complexity index is 1240. The van der Waals surface area contributed by atoms with Crippen LogP contribution in [0.4, 0.5) is 5.82 Å². The van der Waals surface area contributed by atoms with E-state index in [-0.39, 0.29) is 11.8 Å². The van der Waals surface area contributed by atoms with E-state index in [0.29, 0.717) is 18.2 Å². The molecule has 3 N–H and O–H groups in total. The van der Waals surface area contributed by atoms with Crippen molar-refractivity contribution >= 4 is 28.4 Å². The molecule has 1 saturated carbocycles. The third-order valence-corrected chi connectivity index (χ3v) is 5.72. The number of furan rings is 1. The van der Waals surface area contributed by atoms with Gasteiger partial charge in [0.2, 0.25) is 5.76 Å². The van der Waals surface area contributed by atoms with Crippen molar-refractivity contribution in [1.29, 1.82) is 0 Å². The van der Waals surface area contributed by atoms with Crippen LogP contribution in [-0.4, -0.2) is 39.3 Å². The topological polar surface area (TPSA) is 108 Å². The number of rotatable bonds is 5. The number of benzene rings is 1. The van der Waals surface area contributed by atoms with Gasteiger partial charge in [-0.15, -0.1) is 5.10 Å². The van der Waals surface area contributed by atoms with Crippen LogP contribution in [-0.2, 0) is 4.74 Å². The van der Waals surface area contributed by atoms with Gasteiger partial charge in [0.15, 0.2) is 5.65 Å². The smallest absolute Gasteiger partial charge is 0.374 e. The lowest BCUT2D eigenvalue weighted by Gasteiger charge is -2.27. The first-order valence-electron chi connectivity index (χ1n) is 10.7. The summed E-state index contributed by atoms with van der Waals surface area (Å²) in [6.45, 7) is 2.07. The first kappa shape index (κ1) is 19.6. The summed E-state index contributed by atoms with van der Waals surface area (Å²) in [5.74, 6) is 0.539. The number of nitrogens with two attached hydrogens (primary N) is 1. The van der Waals surface area contributed by atoms with Crippen LogP contribution >= 0.6 is 0 Å². The van der Waals surface area contributed by atoms with E-state index in [2.05, 4.69) is 10.3 Å². The molecule has 8 nitrogen and oxygen atoms in total. The van der Waals surface area contributed by atoms with E-state index >= 15 is 0 Å². The molecule has 4 aromatic rings. The minimum Gasteiger partial charge on any atom is -0.460 e. The number of esters is 1. The molecular weight excluding hydrogens is 394 g/mol. The predicted octanol–water partition coefficient (Wildman–Crippen LogP) is 4.00. The third kappa shape index (κ3) is 3.86. The van der Waals surface area contributed by atoms with Crippen molar-refractivity contribution in [1.82, 2.24) is 14.6 Å². The number of nitrogens with one attached hydrogen (secondary N) is 1. The van der Waals surface area contributed by atoms with Gasteiger partial charge >= 0.3 is 5.97 Å². The minimum atomic E-state index is -0.463. The van der Waals surface area contributed by atoms with E-state index < -0.39 is 5.97 Å². The average Bonchev–Trinajstić information content (AvgIpc) is 3.37. The van der Waals surface area contributed by atoms with Crippen LogP contribution in [0.2, 0.25) is 0 Å². The Labute approximate surface area is 179 Å². The zero-order valence-electron chi connectivity index (χ0n) is 17.4. The van der Waals surface area contributed by atoms with E-state index in [9.17, 15) is 4.79 Å². The fraction of sp³-hybridized carbons (Fsp3) is 0.348. The number of anilines is 1. The summed E-state index contributed by atoms with van der Waals surface area (Å²) in [5, 5.41) is 9.12. The largest absolute Gasteiger partial charge is 0.460 e. The summed E-state index contributed by atoms with van der Waals surface area (Å²) in [6.07, 6.45) is 6.08. The van der Waals surface area contributed by atoms with E-state index in [4.69, 9.17) is 20.0 Å². The van der Waals surface area contributed by atoms with Gasteiger partial charge < -0.3 is 20.2 Å². The molecule has 1 aliphatic rings. The van der Waals surface area contributed by atoms with E-state index in [1.54, 1.807) is 19.2 Å². The van der Waals surface area contributed by atoms with Gasteiger partial charge in [0.25, 0.3) is 0 Å². The Morgan fingerprint density at radius 1 is 1.29 bits per heavy atom. The second-order valence-electron chi connectivity index (χ2n) is 7.98. The standard InChI is InChI=1S/C23H25N5O3/c1-2-30-23(29)20-11-15-10-14(6-7-19(15)31-20)18-13-25-22-9-8-21(27-28(18)22)26-17-5-3-4-16(24)12-17/h6-11,13,16-17H,2-5,12,24H2,1H3,(H,26,27). The van der Waals surface area contributed by atoms with Crippen LogP contribution in [0.3, 0.4) is 0 Å². The van der Waals surface area contributed by atoms with Gasteiger partial charge in [-0.3, -0.25) is 0 Å². The Balaban J connectivity index is 1.46. The first-order chi connectivity index (χ1) is 15.1. The van der Waals surface area contributed by atoms with Crippen LogP contribution < -0.4 is 11.1 Å². The lowest BCUT2D eigenvalue weighted by Crippen LogP contribution is -2.35. The quantitative estimate of drug-likeness (QED) is 0.471. The minimum absolute atomic E-state index is 0.197.